The number of ketones is 1. The molecule has 3 heteroatoms. The van der Waals surface area contributed by atoms with Gasteiger partial charge in [-0.2, -0.15) is 0 Å². The van der Waals surface area contributed by atoms with E-state index in [1.165, 1.54) is 0 Å². The number of rotatable bonds is 5. The van der Waals surface area contributed by atoms with Crippen molar-refractivity contribution in [2.75, 3.05) is 6.61 Å². The number of benzene rings is 2. The Bertz CT molecular complexity index is 561. The highest BCUT2D eigenvalue weighted by Gasteiger charge is 2.09. The number of hydrogen-bond acceptors (Lipinski definition) is 3. The van der Waals surface area contributed by atoms with Crippen molar-refractivity contribution >= 4 is 5.78 Å². The lowest BCUT2D eigenvalue weighted by atomic mass is 10.0. The Morgan fingerprint density at radius 2 is 1.84 bits per heavy atom. The maximum atomic E-state index is 12.3. The van der Waals surface area contributed by atoms with Crippen molar-refractivity contribution in [1.82, 2.24) is 0 Å². The number of carbonyl (C=O) groups is 1. The third-order valence-electron chi connectivity index (χ3n) is 2.85. The molecule has 0 radical (unpaired) electrons. The molecule has 0 aromatic heterocycles. The Morgan fingerprint density at radius 3 is 2.47 bits per heavy atom. The number of ether oxygens (including phenoxy) is 1. The highest BCUT2D eigenvalue weighted by atomic mass is 16.5. The molecule has 0 aliphatic heterocycles. The molecule has 0 aliphatic rings. The minimum absolute atomic E-state index is 0.00153. The summed E-state index contributed by atoms with van der Waals surface area (Å²) in [5, 5.41) is 0. The highest BCUT2D eigenvalue weighted by molar-refractivity contribution is 6.09. The number of hydrogen-bond donors (Lipinski definition) is 1. The van der Waals surface area contributed by atoms with Crippen LogP contribution in [0.2, 0.25) is 0 Å². The summed E-state index contributed by atoms with van der Waals surface area (Å²) in [7, 11) is 0. The molecule has 0 amide bonds. The summed E-state index contributed by atoms with van der Waals surface area (Å²) in [6, 6.07) is 14.6. The van der Waals surface area contributed by atoms with Crippen LogP contribution in [0.15, 0.2) is 48.5 Å². The van der Waals surface area contributed by atoms with Gasteiger partial charge in [-0.25, -0.2) is 0 Å². The SMILES string of the molecule is CCOc1ccc(C(=O)c2cccc(CN)c2)cc1. The van der Waals surface area contributed by atoms with Crippen LogP contribution in [0, 0.1) is 0 Å². The molecule has 0 saturated carbocycles. The predicted octanol–water partition coefficient (Wildman–Crippen LogP) is 2.78. The van der Waals surface area contributed by atoms with Crippen LogP contribution in [0.4, 0.5) is 0 Å². The van der Waals surface area contributed by atoms with Gasteiger partial charge in [0, 0.05) is 17.7 Å². The highest BCUT2D eigenvalue weighted by Crippen LogP contribution is 2.16. The second-order valence-corrected chi connectivity index (χ2v) is 4.19. The minimum atomic E-state index is -0.00153. The molecule has 2 rings (SSSR count). The first-order valence-corrected chi connectivity index (χ1v) is 6.31. The van der Waals surface area contributed by atoms with Crippen LogP contribution in [0.5, 0.6) is 5.75 Å². The average Bonchev–Trinajstić information content (AvgIpc) is 2.48. The van der Waals surface area contributed by atoms with E-state index in [0.717, 1.165) is 11.3 Å². The first-order chi connectivity index (χ1) is 9.24. The zero-order valence-electron chi connectivity index (χ0n) is 10.9. The molecule has 98 valence electrons. The first-order valence-electron chi connectivity index (χ1n) is 6.31. The van der Waals surface area contributed by atoms with Crippen molar-refractivity contribution in [2.45, 2.75) is 13.5 Å². The van der Waals surface area contributed by atoms with Crippen molar-refractivity contribution in [1.29, 1.82) is 0 Å². The molecule has 0 aliphatic carbocycles. The minimum Gasteiger partial charge on any atom is -0.494 e. The molecule has 0 unspecified atom stereocenters. The van der Waals surface area contributed by atoms with Crippen molar-refractivity contribution in [3.8, 4) is 5.75 Å². The van der Waals surface area contributed by atoms with E-state index in [0.29, 0.717) is 24.3 Å². The fraction of sp³-hybridized carbons (Fsp3) is 0.188. The molecule has 0 heterocycles. The van der Waals surface area contributed by atoms with Gasteiger partial charge in [-0.3, -0.25) is 4.79 Å². The predicted molar refractivity (Wildman–Crippen MR) is 75.4 cm³/mol. The molecule has 0 spiro atoms. The van der Waals surface area contributed by atoms with Gasteiger partial charge in [0.15, 0.2) is 5.78 Å². The average molecular weight is 255 g/mol. The molecule has 3 nitrogen and oxygen atoms in total. The Hall–Kier alpha value is -2.13. The van der Waals surface area contributed by atoms with Gasteiger partial charge in [0.2, 0.25) is 0 Å². The maximum Gasteiger partial charge on any atom is 0.193 e. The smallest absolute Gasteiger partial charge is 0.193 e. The van der Waals surface area contributed by atoms with Crippen LogP contribution < -0.4 is 10.5 Å². The lowest BCUT2D eigenvalue weighted by molar-refractivity contribution is 0.103. The zero-order valence-corrected chi connectivity index (χ0v) is 10.9. The van der Waals surface area contributed by atoms with Gasteiger partial charge in [-0.15, -0.1) is 0 Å². The third kappa shape index (κ3) is 3.20. The molecule has 19 heavy (non-hydrogen) atoms. The lowest BCUT2D eigenvalue weighted by Gasteiger charge is -2.05. The summed E-state index contributed by atoms with van der Waals surface area (Å²) in [6.07, 6.45) is 0. The third-order valence-corrected chi connectivity index (χ3v) is 2.85. The summed E-state index contributed by atoms with van der Waals surface area (Å²) in [6.45, 7) is 2.98. The van der Waals surface area contributed by atoms with E-state index in [2.05, 4.69) is 0 Å². The zero-order chi connectivity index (χ0) is 13.7. The van der Waals surface area contributed by atoms with Gasteiger partial charge in [0.25, 0.3) is 0 Å². The van der Waals surface area contributed by atoms with Crippen molar-refractivity contribution in [3.05, 3.63) is 65.2 Å². The molecule has 2 aromatic carbocycles. The fourth-order valence-electron chi connectivity index (χ4n) is 1.88. The molecule has 0 saturated heterocycles. The van der Waals surface area contributed by atoms with Gasteiger partial charge in [-0.05, 0) is 42.8 Å². The quantitative estimate of drug-likeness (QED) is 0.836. The number of nitrogens with two attached hydrogens (primary N) is 1. The second-order valence-electron chi connectivity index (χ2n) is 4.19. The molecule has 0 fully saturated rings. The van der Waals surface area contributed by atoms with Crippen LogP contribution in [0.3, 0.4) is 0 Å². The lowest BCUT2D eigenvalue weighted by Crippen LogP contribution is -2.04. The standard InChI is InChI=1S/C16H17NO2/c1-2-19-15-8-6-13(7-9-15)16(18)14-5-3-4-12(10-14)11-17/h3-10H,2,11,17H2,1H3. The topological polar surface area (TPSA) is 52.3 Å². The summed E-state index contributed by atoms with van der Waals surface area (Å²) >= 11 is 0. The van der Waals surface area contributed by atoms with Crippen molar-refractivity contribution in [2.24, 2.45) is 5.73 Å². The normalized spacial score (nSPS) is 10.2. The second kappa shape index (κ2) is 6.16. The Morgan fingerprint density at radius 1 is 1.11 bits per heavy atom. The molecular formula is C16H17NO2. The Labute approximate surface area is 113 Å². The van der Waals surface area contributed by atoms with Crippen LogP contribution in [0.25, 0.3) is 0 Å². The van der Waals surface area contributed by atoms with Crippen molar-refractivity contribution in [3.63, 3.8) is 0 Å². The molecule has 2 N–H and O–H groups in total. The fourth-order valence-corrected chi connectivity index (χ4v) is 1.88. The van der Waals surface area contributed by atoms with E-state index >= 15 is 0 Å². The Kier molecular flexibility index (Phi) is 4.31. The largest absolute Gasteiger partial charge is 0.494 e. The maximum absolute atomic E-state index is 12.3. The first kappa shape index (κ1) is 13.3. The van der Waals surface area contributed by atoms with Gasteiger partial charge in [0.05, 0.1) is 6.61 Å². The van der Waals surface area contributed by atoms with E-state index in [1.807, 2.05) is 37.3 Å². The van der Waals surface area contributed by atoms with Crippen LogP contribution in [-0.4, -0.2) is 12.4 Å². The summed E-state index contributed by atoms with van der Waals surface area (Å²) < 4.78 is 5.35. The van der Waals surface area contributed by atoms with E-state index in [9.17, 15) is 4.79 Å². The van der Waals surface area contributed by atoms with E-state index in [4.69, 9.17) is 10.5 Å². The van der Waals surface area contributed by atoms with Gasteiger partial charge in [-0.1, -0.05) is 18.2 Å². The summed E-state index contributed by atoms with van der Waals surface area (Å²) in [5.41, 5.74) is 7.85. The van der Waals surface area contributed by atoms with Crippen LogP contribution in [-0.2, 0) is 6.54 Å². The summed E-state index contributed by atoms with van der Waals surface area (Å²) in [5.74, 6) is 0.771. The van der Waals surface area contributed by atoms with E-state index in [-0.39, 0.29) is 5.78 Å². The van der Waals surface area contributed by atoms with Gasteiger partial charge >= 0.3 is 0 Å². The molecule has 0 atom stereocenters. The monoisotopic (exact) mass is 255 g/mol. The molecule has 2 aromatic rings. The van der Waals surface area contributed by atoms with Crippen molar-refractivity contribution < 1.29 is 9.53 Å². The summed E-state index contributed by atoms with van der Waals surface area (Å²) in [4.78, 5) is 12.3. The van der Waals surface area contributed by atoms with Gasteiger partial charge < -0.3 is 10.5 Å². The number of carbonyl (C=O) groups excluding carboxylic acids is 1. The Balaban J connectivity index is 2.22. The van der Waals surface area contributed by atoms with Crippen LogP contribution in [0.1, 0.15) is 28.4 Å². The van der Waals surface area contributed by atoms with Gasteiger partial charge in [0.1, 0.15) is 5.75 Å². The molecular weight excluding hydrogens is 238 g/mol. The van der Waals surface area contributed by atoms with E-state index < -0.39 is 0 Å². The molecule has 0 bridgehead atoms. The van der Waals surface area contributed by atoms with E-state index in [1.54, 1.807) is 18.2 Å². The van der Waals surface area contributed by atoms with Crippen LogP contribution >= 0.6 is 0 Å².